The SMILES string of the molecule is CN(C[C@H](O)CNC(C)(C)Cc1ccc(Cl)c(F)c1)S(=O)(=O)c1cccc(-c2ccc(C(=O)O)cc2F)c1. The Morgan fingerprint density at radius 3 is 2.42 bits per heavy atom. The zero-order chi connectivity index (χ0) is 28.3. The molecule has 7 nitrogen and oxygen atoms in total. The Bertz CT molecular complexity index is 1430. The van der Waals surface area contributed by atoms with Crippen molar-refractivity contribution in [3.05, 3.63) is 88.4 Å². The van der Waals surface area contributed by atoms with Crippen molar-refractivity contribution >= 4 is 27.6 Å². The first kappa shape index (κ1) is 29.7. The van der Waals surface area contributed by atoms with Crippen molar-refractivity contribution in [2.45, 2.75) is 36.8 Å². The number of aliphatic hydroxyl groups is 1. The molecule has 0 aliphatic rings. The van der Waals surface area contributed by atoms with Crippen LogP contribution in [0, 0.1) is 11.6 Å². The second-order valence-corrected chi connectivity index (χ2v) is 12.1. The molecule has 0 saturated heterocycles. The lowest BCUT2D eigenvalue weighted by atomic mass is 9.94. The summed E-state index contributed by atoms with van der Waals surface area (Å²) >= 11 is 5.73. The molecule has 0 radical (unpaired) electrons. The molecule has 38 heavy (non-hydrogen) atoms. The molecule has 3 rings (SSSR count). The first-order chi connectivity index (χ1) is 17.7. The third-order valence-corrected chi connectivity index (χ3v) is 8.11. The van der Waals surface area contributed by atoms with E-state index < -0.39 is 39.3 Å². The third kappa shape index (κ3) is 7.36. The third-order valence-electron chi connectivity index (χ3n) is 5.98. The van der Waals surface area contributed by atoms with Crippen molar-refractivity contribution in [1.29, 1.82) is 0 Å². The van der Waals surface area contributed by atoms with E-state index in [1.54, 1.807) is 6.07 Å². The van der Waals surface area contributed by atoms with Gasteiger partial charge < -0.3 is 15.5 Å². The number of nitrogens with one attached hydrogen (secondary N) is 1. The lowest BCUT2D eigenvalue weighted by Crippen LogP contribution is -2.47. The number of halogens is 3. The maximum Gasteiger partial charge on any atom is 0.335 e. The summed E-state index contributed by atoms with van der Waals surface area (Å²) in [5.41, 5.74) is 0.277. The normalized spacial score (nSPS) is 13.1. The lowest BCUT2D eigenvalue weighted by molar-refractivity contribution is 0.0696. The maximum absolute atomic E-state index is 14.5. The molecule has 11 heteroatoms. The highest BCUT2D eigenvalue weighted by Gasteiger charge is 2.26. The van der Waals surface area contributed by atoms with Crippen molar-refractivity contribution in [3.63, 3.8) is 0 Å². The molecule has 0 unspecified atom stereocenters. The summed E-state index contributed by atoms with van der Waals surface area (Å²) in [5.74, 6) is -2.59. The van der Waals surface area contributed by atoms with Crippen LogP contribution < -0.4 is 5.32 Å². The van der Waals surface area contributed by atoms with Crippen molar-refractivity contribution in [2.24, 2.45) is 0 Å². The van der Waals surface area contributed by atoms with Gasteiger partial charge >= 0.3 is 5.97 Å². The predicted molar refractivity (Wildman–Crippen MR) is 142 cm³/mol. The van der Waals surface area contributed by atoms with Crippen LogP contribution >= 0.6 is 11.6 Å². The number of hydrogen-bond acceptors (Lipinski definition) is 5. The van der Waals surface area contributed by atoms with Gasteiger partial charge in [-0.2, -0.15) is 4.31 Å². The van der Waals surface area contributed by atoms with E-state index in [0.29, 0.717) is 12.0 Å². The number of benzene rings is 3. The molecule has 0 aliphatic heterocycles. The number of aliphatic hydroxyl groups excluding tert-OH is 1. The minimum Gasteiger partial charge on any atom is -0.478 e. The Balaban J connectivity index is 1.66. The Hall–Kier alpha value is -2.89. The van der Waals surface area contributed by atoms with E-state index in [0.717, 1.165) is 10.4 Å². The van der Waals surface area contributed by atoms with Crippen LogP contribution in [0.5, 0.6) is 0 Å². The standard InChI is InChI=1S/C27H29ClF2N2O5S/c1-27(2,14-17-7-10-23(28)25(30)11-17)31-15-20(33)16-32(3)38(36,37)21-6-4-5-18(12-21)22-9-8-19(26(34)35)13-24(22)29/h4-13,20,31,33H,14-16H2,1-3H3,(H,34,35)/t20-/m1/s1. The highest BCUT2D eigenvalue weighted by molar-refractivity contribution is 7.89. The van der Waals surface area contributed by atoms with E-state index in [4.69, 9.17) is 16.7 Å². The number of carboxylic acids is 1. The first-order valence-electron chi connectivity index (χ1n) is 11.7. The average Bonchev–Trinajstić information content (AvgIpc) is 2.85. The Morgan fingerprint density at radius 1 is 1.08 bits per heavy atom. The molecular weight excluding hydrogens is 538 g/mol. The summed E-state index contributed by atoms with van der Waals surface area (Å²) in [6.45, 7) is 3.61. The highest BCUT2D eigenvalue weighted by Crippen LogP contribution is 2.27. The number of aromatic carboxylic acids is 1. The van der Waals surface area contributed by atoms with Crippen molar-refractivity contribution in [1.82, 2.24) is 9.62 Å². The van der Waals surface area contributed by atoms with Crippen molar-refractivity contribution in [2.75, 3.05) is 20.1 Å². The van der Waals surface area contributed by atoms with Crippen LogP contribution in [0.2, 0.25) is 5.02 Å². The maximum atomic E-state index is 14.5. The molecule has 204 valence electrons. The summed E-state index contributed by atoms with van der Waals surface area (Å²) in [7, 11) is -2.71. The van der Waals surface area contributed by atoms with E-state index in [1.165, 1.54) is 55.6 Å². The number of sulfonamides is 1. The number of β-amino-alcohol motifs (C(OH)–C–C–N with tert-alkyl or cyclic N) is 1. The van der Waals surface area contributed by atoms with Gasteiger partial charge in [0.1, 0.15) is 11.6 Å². The van der Waals surface area contributed by atoms with E-state index in [2.05, 4.69) is 5.32 Å². The number of hydrogen-bond donors (Lipinski definition) is 3. The molecule has 0 fully saturated rings. The number of likely N-dealkylation sites (N-methyl/N-ethyl adjacent to an activating group) is 1. The van der Waals surface area contributed by atoms with E-state index in [-0.39, 0.29) is 39.7 Å². The molecule has 0 aliphatic carbocycles. The van der Waals surface area contributed by atoms with Gasteiger partial charge in [0.15, 0.2) is 0 Å². The van der Waals surface area contributed by atoms with Crippen LogP contribution in [0.15, 0.2) is 65.6 Å². The van der Waals surface area contributed by atoms with Crippen LogP contribution in [0.25, 0.3) is 11.1 Å². The number of carboxylic acid groups (broad SMARTS) is 1. The van der Waals surface area contributed by atoms with Crippen molar-refractivity contribution in [3.8, 4) is 11.1 Å². The molecule has 0 amide bonds. The van der Waals surface area contributed by atoms with Gasteiger partial charge in [-0.3, -0.25) is 0 Å². The zero-order valence-corrected chi connectivity index (χ0v) is 22.7. The summed E-state index contributed by atoms with van der Waals surface area (Å²) in [6.07, 6.45) is -0.612. The fraction of sp³-hybridized carbons (Fsp3) is 0.296. The van der Waals surface area contributed by atoms with E-state index >= 15 is 0 Å². The molecule has 0 spiro atoms. The first-order valence-corrected chi connectivity index (χ1v) is 13.5. The summed E-state index contributed by atoms with van der Waals surface area (Å²) < 4.78 is 55.6. The summed E-state index contributed by atoms with van der Waals surface area (Å²) in [4.78, 5) is 11.0. The zero-order valence-electron chi connectivity index (χ0n) is 21.1. The van der Waals surface area contributed by atoms with E-state index in [9.17, 15) is 27.1 Å². The Labute approximate surface area is 225 Å². The molecule has 1 atom stereocenters. The summed E-state index contributed by atoms with van der Waals surface area (Å²) in [5, 5.41) is 22.8. The monoisotopic (exact) mass is 566 g/mol. The molecule has 0 saturated carbocycles. The van der Waals surface area contributed by atoms with Crippen LogP contribution in [0.4, 0.5) is 8.78 Å². The summed E-state index contributed by atoms with van der Waals surface area (Å²) in [6, 6.07) is 13.6. The minimum absolute atomic E-state index is 0.0333. The molecular formula is C27H29ClF2N2O5S. The van der Waals surface area contributed by atoms with Gasteiger partial charge in [-0.1, -0.05) is 35.9 Å². The largest absolute Gasteiger partial charge is 0.478 e. The number of rotatable bonds is 11. The molecule has 0 bridgehead atoms. The van der Waals surface area contributed by atoms with Crippen LogP contribution in [-0.4, -0.2) is 60.7 Å². The van der Waals surface area contributed by atoms with Gasteiger partial charge in [0, 0.05) is 31.2 Å². The number of nitrogens with zero attached hydrogens (tertiary/aromatic N) is 1. The fourth-order valence-corrected chi connectivity index (χ4v) is 5.33. The van der Waals surface area contributed by atoms with Gasteiger partial charge in [-0.05, 0) is 67.8 Å². The van der Waals surface area contributed by atoms with Crippen LogP contribution in [-0.2, 0) is 16.4 Å². The van der Waals surface area contributed by atoms with Crippen LogP contribution in [0.1, 0.15) is 29.8 Å². The van der Waals surface area contributed by atoms with E-state index in [1.807, 2.05) is 13.8 Å². The Kier molecular flexibility index (Phi) is 9.27. The fourth-order valence-electron chi connectivity index (χ4n) is 3.96. The lowest BCUT2D eigenvalue weighted by Gasteiger charge is -2.29. The average molecular weight is 567 g/mol. The molecule has 3 aromatic carbocycles. The van der Waals surface area contributed by atoms with Crippen LogP contribution in [0.3, 0.4) is 0 Å². The minimum atomic E-state index is -4.04. The molecule has 0 heterocycles. The quantitative estimate of drug-likeness (QED) is 0.314. The van der Waals surface area contributed by atoms with Gasteiger partial charge in [-0.25, -0.2) is 22.0 Å². The molecule has 0 aromatic heterocycles. The molecule has 3 N–H and O–H groups in total. The molecule has 3 aromatic rings. The smallest absolute Gasteiger partial charge is 0.335 e. The highest BCUT2D eigenvalue weighted by atomic mass is 35.5. The predicted octanol–water partition coefficient (Wildman–Crippen LogP) is 4.58. The Morgan fingerprint density at radius 2 is 1.79 bits per heavy atom. The van der Waals surface area contributed by atoms with Gasteiger partial charge in [0.2, 0.25) is 10.0 Å². The van der Waals surface area contributed by atoms with Gasteiger partial charge in [0.05, 0.1) is 21.6 Å². The van der Waals surface area contributed by atoms with Crippen molar-refractivity contribution < 1.29 is 32.2 Å². The topological polar surface area (TPSA) is 107 Å². The second-order valence-electron chi connectivity index (χ2n) is 9.66. The second kappa shape index (κ2) is 11.9. The van der Waals surface area contributed by atoms with Gasteiger partial charge in [-0.15, -0.1) is 0 Å². The number of carbonyl (C=O) groups is 1. The van der Waals surface area contributed by atoms with Gasteiger partial charge in [0.25, 0.3) is 0 Å².